The lowest BCUT2D eigenvalue weighted by atomic mass is 10.1. The van der Waals surface area contributed by atoms with Crippen LogP contribution >= 0.6 is 0 Å². The number of methoxy groups -OCH3 is 1. The van der Waals surface area contributed by atoms with Crippen molar-refractivity contribution < 1.29 is 13.9 Å². The highest BCUT2D eigenvalue weighted by atomic mass is 16.5. The Labute approximate surface area is 120 Å². The van der Waals surface area contributed by atoms with Crippen molar-refractivity contribution in [1.82, 2.24) is 25.5 Å². The molecule has 1 aliphatic rings. The molecule has 1 aliphatic heterocycles. The van der Waals surface area contributed by atoms with Crippen LogP contribution in [0.4, 0.5) is 0 Å². The maximum atomic E-state index is 11.4. The predicted octanol–water partition coefficient (Wildman–Crippen LogP) is 0.869. The number of carbonyl (C=O) groups is 1. The normalized spacial score (nSPS) is 15.8. The van der Waals surface area contributed by atoms with Gasteiger partial charge >= 0.3 is 5.97 Å². The van der Waals surface area contributed by atoms with E-state index in [9.17, 15) is 4.79 Å². The lowest BCUT2D eigenvalue weighted by Crippen LogP contribution is -2.29. The second-order valence-corrected chi connectivity index (χ2v) is 4.72. The van der Waals surface area contributed by atoms with E-state index in [2.05, 4.69) is 36.3 Å². The number of ether oxygens (including phenoxy) is 1. The van der Waals surface area contributed by atoms with E-state index in [1.807, 2.05) is 0 Å². The molecule has 0 aromatic carbocycles. The van der Waals surface area contributed by atoms with Crippen molar-refractivity contribution >= 4 is 11.5 Å². The summed E-state index contributed by atoms with van der Waals surface area (Å²) in [5.41, 5.74) is 1.04. The summed E-state index contributed by atoms with van der Waals surface area (Å²) in [5.74, 6) is 1.10. The molecular weight excluding hydrogens is 274 g/mol. The van der Waals surface area contributed by atoms with Gasteiger partial charge in [-0.3, -0.25) is 4.90 Å². The molecule has 0 fully saturated rings. The average molecular weight is 289 g/mol. The van der Waals surface area contributed by atoms with Gasteiger partial charge in [0.2, 0.25) is 11.6 Å². The number of hydrogen-bond donors (Lipinski definition) is 1. The molecule has 0 bridgehead atoms. The Bertz CT molecular complexity index is 647. The maximum Gasteiger partial charge on any atom is 0.373 e. The van der Waals surface area contributed by atoms with Gasteiger partial charge in [-0.05, 0) is 23.8 Å². The number of nitrogens with zero attached hydrogens (tertiary/aromatic N) is 4. The average Bonchev–Trinajstić information content (AvgIpc) is 3.18. The van der Waals surface area contributed by atoms with E-state index in [0.29, 0.717) is 18.9 Å². The molecule has 0 saturated carbocycles. The molecule has 0 saturated heterocycles. The first-order valence-electron chi connectivity index (χ1n) is 6.58. The summed E-state index contributed by atoms with van der Waals surface area (Å²) in [6.45, 7) is 2.25. The highest BCUT2D eigenvalue weighted by molar-refractivity contribution is 5.86. The van der Waals surface area contributed by atoms with Gasteiger partial charge in [0, 0.05) is 18.7 Å². The number of aromatic amines is 1. The van der Waals surface area contributed by atoms with Crippen molar-refractivity contribution in [2.24, 2.45) is 0 Å². The quantitative estimate of drug-likeness (QED) is 0.834. The van der Waals surface area contributed by atoms with E-state index in [0.717, 1.165) is 24.3 Å². The van der Waals surface area contributed by atoms with Crippen molar-refractivity contribution in [2.75, 3.05) is 20.2 Å². The van der Waals surface area contributed by atoms with Crippen molar-refractivity contribution in [3.63, 3.8) is 0 Å². The number of furan rings is 1. The molecule has 0 spiro atoms. The third-order valence-corrected chi connectivity index (χ3v) is 3.29. The summed E-state index contributed by atoms with van der Waals surface area (Å²) in [5, 5.41) is 14.0. The number of rotatable bonds is 4. The van der Waals surface area contributed by atoms with Crippen molar-refractivity contribution in [3.8, 4) is 0 Å². The topological polar surface area (TPSA) is 97.1 Å². The largest absolute Gasteiger partial charge is 0.463 e. The lowest BCUT2D eigenvalue weighted by Gasteiger charge is -2.24. The van der Waals surface area contributed by atoms with Crippen LogP contribution in [0.25, 0.3) is 5.57 Å². The van der Waals surface area contributed by atoms with Gasteiger partial charge in [0.25, 0.3) is 0 Å². The SMILES string of the molecule is COC(=O)c1ccc(CN2CCC=C(c3nn[nH]n3)C2)o1. The molecule has 21 heavy (non-hydrogen) atoms. The highest BCUT2D eigenvalue weighted by Gasteiger charge is 2.19. The number of tetrazole rings is 1. The minimum atomic E-state index is -0.465. The van der Waals surface area contributed by atoms with Gasteiger partial charge in [0.15, 0.2) is 0 Å². The zero-order chi connectivity index (χ0) is 14.7. The molecule has 2 aromatic rings. The Kier molecular flexibility index (Phi) is 3.78. The van der Waals surface area contributed by atoms with Gasteiger partial charge in [-0.2, -0.15) is 5.21 Å². The van der Waals surface area contributed by atoms with E-state index in [4.69, 9.17) is 4.42 Å². The summed E-state index contributed by atoms with van der Waals surface area (Å²) in [6, 6.07) is 3.42. The molecule has 0 radical (unpaired) electrons. The zero-order valence-corrected chi connectivity index (χ0v) is 11.6. The van der Waals surface area contributed by atoms with Crippen LogP contribution in [0.15, 0.2) is 22.6 Å². The molecule has 2 aromatic heterocycles. The fourth-order valence-corrected chi connectivity index (χ4v) is 2.29. The number of aromatic nitrogens is 4. The Balaban J connectivity index is 1.65. The monoisotopic (exact) mass is 289 g/mol. The van der Waals surface area contributed by atoms with Crippen LogP contribution in [0.1, 0.15) is 28.6 Å². The second kappa shape index (κ2) is 5.88. The Hall–Kier alpha value is -2.48. The molecule has 8 nitrogen and oxygen atoms in total. The second-order valence-electron chi connectivity index (χ2n) is 4.72. The van der Waals surface area contributed by atoms with Gasteiger partial charge in [-0.25, -0.2) is 4.79 Å². The van der Waals surface area contributed by atoms with E-state index in [-0.39, 0.29) is 5.76 Å². The predicted molar refractivity (Wildman–Crippen MR) is 72.1 cm³/mol. The highest BCUT2D eigenvalue weighted by Crippen LogP contribution is 2.19. The molecular formula is C13H15N5O3. The summed E-state index contributed by atoms with van der Waals surface area (Å²) < 4.78 is 10.1. The number of carbonyl (C=O) groups excluding carboxylic acids is 1. The first kappa shape index (κ1) is 13.5. The van der Waals surface area contributed by atoms with E-state index < -0.39 is 5.97 Å². The van der Waals surface area contributed by atoms with E-state index in [1.165, 1.54) is 7.11 Å². The van der Waals surface area contributed by atoms with E-state index >= 15 is 0 Å². The summed E-state index contributed by atoms with van der Waals surface area (Å²) >= 11 is 0. The van der Waals surface area contributed by atoms with Gasteiger partial charge in [-0.1, -0.05) is 6.08 Å². The third kappa shape index (κ3) is 3.00. The molecule has 0 unspecified atom stereocenters. The standard InChI is InChI=1S/C13H15N5O3/c1-20-13(19)11-5-4-10(21-11)8-18-6-2-3-9(7-18)12-14-16-17-15-12/h3-5H,2,6-8H2,1H3,(H,14,15,16,17). The Morgan fingerprint density at radius 3 is 3.19 bits per heavy atom. The Morgan fingerprint density at radius 1 is 1.52 bits per heavy atom. The van der Waals surface area contributed by atoms with Gasteiger partial charge in [0.1, 0.15) is 5.76 Å². The van der Waals surface area contributed by atoms with Crippen LogP contribution in [-0.4, -0.2) is 51.7 Å². The van der Waals surface area contributed by atoms with Crippen molar-refractivity contribution in [1.29, 1.82) is 0 Å². The summed E-state index contributed by atoms with van der Waals surface area (Å²) in [7, 11) is 1.33. The van der Waals surface area contributed by atoms with Crippen LogP contribution in [0.5, 0.6) is 0 Å². The summed E-state index contributed by atoms with van der Waals surface area (Å²) in [4.78, 5) is 13.6. The minimum Gasteiger partial charge on any atom is -0.463 e. The smallest absolute Gasteiger partial charge is 0.373 e. The first-order chi connectivity index (χ1) is 10.3. The van der Waals surface area contributed by atoms with E-state index in [1.54, 1.807) is 12.1 Å². The molecule has 0 aliphatic carbocycles. The molecule has 8 heteroatoms. The van der Waals surface area contributed by atoms with Crippen molar-refractivity contribution in [2.45, 2.75) is 13.0 Å². The van der Waals surface area contributed by atoms with Crippen LogP contribution in [0.2, 0.25) is 0 Å². The third-order valence-electron chi connectivity index (χ3n) is 3.29. The lowest BCUT2D eigenvalue weighted by molar-refractivity contribution is 0.0561. The summed E-state index contributed by atoms with van der Waals surface area (Å²) in [6.07, 6.45) is 3.03. The van der Waals surface area contributed by atoms with Crippen molar-refractivity contribution in [3.05, 3.63) is 35.6 Å². The molecule has 1 N–H and O–H groups in total. The maximum absolute atomic E-state index is 11.4. The number of esters is 1. The molecule has 0 amide bonds. The number of H-pyrrole nitrogens is 1. The fraction of sp³-hybridized carbons (Fsp3) is 0.385. The molecule has 0 atom stereocenters. The van der Waals surface area contributed by atoms with Gasteiger partial charge < -0.3 is 9.15 Å². The van der Waals surface area contributed by atoms with Gasteiger partial charge in [-0.15, -0.1) is 10.2 Å². The molecule has 110 valence electrons. The fourth-order valence-electron chi connectivity index (χ4n) is 2.29. The van der Waals surface area contributed by atoms with Gasteiger partial charge in [0.05, 0.1) is 13.7 Å². The minimum absolute atomic E-state index is 0.221. The zero-order valence-electron chi connectivity index (χ0n) is 11.6. The van der Waals surface area contributed by atoms with Crippen LogP contribution in [0.3, 0.4) is 0 Å². The molecule has 3 heterocycles. The van der Waals surface area contributed by atoms with Crippen LogP contribution in [0, 0.1) is 0 Å². The van der Waals surface area contributed by atoms with Crippen LogP contribution < -0.4 is 0 Å². The number of hydrogen-bond acceptors (Lipinski definition) is 7. The Morgan fingerprint density at radius 2 is 2.43 bits per heavy atom. The molecule has 3 rings (SSSR count). The first-order valence-corrected chi connectivity index (χ1v) is 6.58. The number of nitrogens with one attached hydrogen (secondary N) is 1. The van der Waals surface area contributed by atoms with Crippen LogP contribution in [-0.2, 0) is 11.3 Å².